The Morgan fingerprint density at radius 2 is 0.929 bits per heavy atom. The zero-order valence-electron chi connectivity index (χ0n) is 8.86. The van der Waals surface area contributed by atoms with Crippen LogP contribution in [0.2, 0.25) is 0 Å². The molecule has 0 radical (unpaired) electrons. The van der Waals surface area contributed by atoms with Crippen molar-refractivity contribution in [3.05, 3.63) is 48.6 Å². The molecule has 0 nitrogen and oxygen atoms in total. The maximum absolute atomic E-state index is 2.32. The van der Waals surface area contributed by atoms with Crippen molar-refractivity contribution in [2.75, 3.05) is 0 Å². The van der Waals surface area contributed by atoms with E-state index in [2.05, 4.69) is 48.6 Å². The van der Waals surface area contributed by atoms with Gasteiger partial charge in [0.25, 0.3) is 0 Å². The van der Waals surface area contributed by atoms with Crippen molar-refractivity contribution < 1.29 is 0 Å². The van der Waals surface area contributed by atoms with Crippen LogP contribution in [-0.2, 0) is 0 Å². The SMILES string of the molecule is C1=C/C=C/CCCC/C=C/CCC=C1. The van der Waals surface area contributed by atoms with Crippen LogP contribution in [0.1, 0.15) is 38.5 Å². The first-order valence-corrected chi connectivity index (χ1v) is 5.63. The number of rotatable bonds is 0. The summed E-state index contributed by atoms with van der Waals surface area (Å²) >= 11 is 0. The van der Waals surface area contributed by atoms with Crippen molar-refractivity contribution in [3.8, 4) is 0 Å². The second-order valence-electron chi connectivity index (χ2n) is 3.57. The molecule has 0 aromatic rings. The van der Waals surface area contributed by atoms with Crippen LogP contribution in [0.15, 0.2) is 48.6 Å². The fourth-order valence-electron chi connectivity index (χ4n) is 1.43. The molecular formula is C14H20. The van der Waals surface area contributed by atoms with E-state index in [1.165, 1.54) is 32.1 Å². The molecule has 0 heteroatoms. The first-order valence-electron chi connectivity index (χ1n) is 5.63. The van der Waals surface area contributed by atoms with Crippen molar-refractivity contribution in [2.24, 2.45) is 0 Å². The van der Waals surface area contributed by atoms with Crippen molar-refractivity contribution in [3.63, 3.8) is 0 Å². The topological polar surface area (TPSA) is 0 Å². The third-order valence-electron chi connectivity index (χ3n) is 2.26. The zero-order chi connectivity index (χ0) is 9.90. The number of hydrogen-bond acceptors (Lipinski definition) is 0. The van der Waals surface area contributed by atoms with Gasteiger partial charge in [0.05, 0.1) is 0 Å². The predicted molar refractivity (Wildman–Crippen MR) is 64.3 cm³/mol. The summed E-state index contributed by atoms with van der Waals surface area (Å²) in [6.07, 6.45) is 25.0. The van der Waals surface area contributed by atoms with Crippen LogP contribution in [0.5, 0.6) is 0 Å². The van der Waals surface area contributed by atoms with E-state index in [9.17, 15) is 0 Å². The van der Waals surface area contributed by atoms with Gasteiger partial charge in [-0.15, -0.1) is 0 Å². The summed E-state index contributed by atoms with van der Waals surface area (Å²) in [4.78, 5) is 0. The number of hydrogen-bond donors (Lipinski definition) is 0. The van der Waals surface area contributed by atoms with Gasteiger partial charge < -0.3 is 0 Å². The Bertz CT molecular complexity index is 228. The monoisotopic (exact) mass is 188 g/mol. The molecule has 1 aliphatic carbocycles. The highest BCUT2D eigenvalue weighted by Crippen LogP contribution is 2.03. The molecule has 0 unspecified atom stereocenters. The summed E-state index contributed by atoms with van der Waals surface area (Å²) in [5.41, 5.74) is 0. The second kappa shape index (κ2) is 8.55. The van der Waals surface area contributed by atoms with Crippen LogP contribution >= 0.6 is 0 Å². The average molecular weight is 188 g/mol. The first kappa shape index (κ1) is 11.0. The van der Waals surface area contributed by atoms with Gasteiger partial charge in [-0.3, -0.25) is 0 Å². The fourth-order valence-corrected chi connectivity index (χ4v) is 1.43. The van der Waals surface area contributed by atoms with Crippen LogP contribution in [0, 0.1) is 0 Å². The van der Waals surface area contributed by atoms with Crippen molar-refractivity contribution in [2.45, 2.75) is 38.5 Å². The highest BCUT2D eigenvalue weighted by Gasteiger charge is 1.83. The molecule has 0 N–H and O–H groups in total. The van der Waals surface area contributed by atoms with Crippen LogP contribution in [0.3, 0.4) is 0 Å². The van der Waals surface area contributed by atoms with Crippen molar-refractivity contribution in [1.29, 1.82) is 0 Å². The van der Waals surface area contributed by atoms with E-state index in [0.717, 1.165) is 6.42 Å². The third kappa shape index (κ3) is 6.47. The summed E-state index contributed by atoms with van der Waals surface area (Å²) in [7, 11) is 0. The summed E-state index contributed by atoms with van der Waals surface area (Å²) in [5.74, 6) is 0. The summed E-state index contributed by atoms with van der Waals surface area (Å²) in [6, 6.07) is 0. The van der Waals surface area contributed by atoms with Gasteiger partial charge in [0.2, 0.25) is 0 Å². The lowest BCUT2D eigenvalue weighted by Gasteiger charge is -1.93. The first-order chi connectivity index (χ1) is 7.00. The molecule has 0 spiro atoms. The van der Waals surface area contributed by atoms with E-state index in [4.69, 9.17) is 0 Å². The standard InChI is InChI=1S/C14H20/c1-2-4-6-8-10-12-14-13-11-9-7-5-3-1/h1-6,11,13H,7-10,12,14H2/b2-1?,5-3?,6-4+,13-11+. The van der Waals surface area contributed by atoms with E-state index >= 15 is 0 Å². The minimum atomic E-state index is 1.16. The molecule has 0 amide bonds. The smallest absolute Gasteiger partial charge is 0.0313 e. The van der Waals surface area contributed by atoms with E-state index in [1.54, 1.807) is 0 Å². The third-order valence-corrected chi connectivity index (χ3v) is 2.26. The predicted octanol–water partition coefficient (Wildman–Crippen LogP) is 4.57. The Balaban J connectivity index is 2.35. The largest absolute Gasteiger partial charge is 0.0885 e. The fraction of sp³-hybridized carbons (Fsp3) is 0.429. The molecule has 0 heterocycles. The molecule has 76 valence electrons. The lowest BCUT2D eigenvalue weighted by Crippen LogP contribution is -1.73. The Morgan fingerprint density at radius 1 is 0.429 bits per heavy atom. The van der Waals surface area contributed by atoms with E-state index in [1.807, 2.05) is 0 Å². The van der Waals surface area contributed by atoms with Crippen LogP contribution in [0.25, 0.3) is 0 Å². The molecular weight excluding hydrogens is 168 g/mol. The average Bonchev–Trinajstić information content (AvgIpc) is 2.22. The Kier molecular flexibility index (Phi) is 6.74. The van der Waals surface area contributed by atoms with Gasteiger partial charge >= 0.3 is 0 Å². The molecule has 0 saturated heterocycles. The number of allylic oxidation sites excluding steroid dienone is 8. The van der Waals surface area contributed by atoms with E-state index in [0.29, 0.717) is 0 Å². The lowest BCUT2D eigenvalue weighted by atomic mass is 10.1. The van der Waals surface area contributed by atoms with Crippen molar-refractivity contribution in [1.82, 2.24) is 0 Å². The molecule has 0 aromatic carbocycles. The molecule has 0 aliphatic heterocycles. The highest BCUT2D eigenvalue weighted by atomic mass is 13.9. The minimum absolute atomic E-state index is 1.16. The minimum Gasteiger partial charge on any atom is -0.0885 e. The van der Waals surface area contributed by atoms with E-state index < -0.39 is 0 Å². The van der Waals surface area contributed by atoms with Gasteiger partial charge in [-0.1, -0.05) is 48.6 Å². The van der Waals surface area contributed by atoms with Gasteiger partial charge in [0.15, 0.2) is 0 Å². The van der Waals surface area contributed by atoms with E-state index in [-0.39, 0.29) is 0 Å². The zero-order valence-corrected chi connectivity index (χ0v) is 8.86. The summed E-state index contributed by atoms with van der Waals surface area (Å²) in [6.45, 7) is 0. The van der Waals surface area contributed by atoms with Gasteiger partial charge in [-0.05, 0) is 38.5 Å². The molecule has 1 rings (SSSR count). The molecule has 14 heavy (non-hydrogen) atoms. The molecule has 0 atom stereocenters. The van der Waals surface area contributed by atoms with Gasteiger partial charge in [-0.25, -0.2) is 0 Å². The van der Waals surface area contributed by atoms with Gasteiger partial charge in [0, 0.05) is 0 Å². The van der Waals surface area contributed by atoms with Crippen LogP contribution < -0.4 is 0 Å². The summed E-state index contributed by atoms with van der Waals surface area (Å²) < 4.78 is 0. The Labute approximate surface area is 87.7 Å². The molecule has 0 saturated carbocycles. The maximum Gasteiger partial charge on any atom is -0.0313 e. The van der Waals surface area contributed by atoms with Gasteiger partial charge in [-0.2, -0.15) is 0 Å². The Hall–Kier alpha value is -1.04. The molecule has 0 aromatic heterocycles. The summed E-state index contributed by atoms with van der Waals surface area (Å²) in [5, 5.41) is 0. The van der Waals surface area contributed by atoms with Crippen LogP contribution in [-0.4, -0.2) is 0 Å². The molecule has 0 bridgehead atoms. The second-order valence-corrected chi connectivity index (χ2v) is 3.57. The Morgan fingerprint density at radius 3 is 1.71 bits per heavy atom. The van der Waals surface area contributed by atoms with Crippen molar-refractivity contribution >= 4 is 0 Å². The quantitative estimate of drug-likeness (QED) is 0.489. The normalized spacial score (nSPS) is 24.0. The lowest BCUT2D eigenvalue weighted by molar-refractivity contribution is 0.760. The molecule has 0 fully saturated rings. The molecule has 1 aliphatic rings. The van der Waals surface area contributed by atoms with Crippen LogP contribution in [0.4, 0.5) is 0 Å². The highest BCUT2D eigenvalue weighted by molar-refractivity contribution is 5.11. The van der Waals surface area contributed by atoms with Gasteiger partial charge in [0.1, 0.15) is 0 Å². The maximum atomic E-state index is 2.32.